The Kier molecular flexibility index (Phi) is 5.94. The Morgan fingerprint density at radius 1 is 1.04 bits per heavy atom. The molecular weight excluding hydrogens is 352 g/mol. The fraction of sp³-hybridized carbons (Fsp3) is 0.217. The molecule has 0 spiro atoms. The summed E-state index contributed by atoms with van der Waals surface area (Å²) in [6, 6.07) is 15.8. The van der Waals surface area contributed by atoms with E-state index in [0.29, 0.717) is 12.3 Å². The van der Waals surface area contributed by atoms with E-state index < -0.39 is 6.09 Å². The van der Waals surface area contributed by atoms with Crippen molar-refractivity contribution in [1.29, 1.82) is 0 Å². The number of carbonyl (C=O) groups is 1. The average Bonchev–Trinajstić information content (AvgIpc) is 2.69. The van der Waals surface area contributed by atoms with Crippen molar-refractivity contribution in [2.45, 2.75) is 27.4 Å². The van der Waals surface area contributed by atoms with Gasteiger partial charge in [0.15, 0.2) is 0 Å². The highest BCUT2D eigenvalue weighted by atomic mass is 16.5. The minimum Gasteiger partial charge on any atom is -0.489 e. The van der Waals surface area contributed by atoms with Crippen molar-refractivity contribution in [3.05, 3.63) is 77.0 Å². The third-order valence-electron chi connectivity index (χ3n) is 4.59. The van der Waals surface area contributed by atoms with E-state index in [1.54, 1.807) is 0 Å². The number of ether oxygens (including phenoxy) is 2. The molecule has 1 heterocycles. The summed E-state index contributed by atoms with van der Waals surface area (Å²) in [5, 5.41) is 2.74. The number of anilines is 1. The monoisotopic (exact) mass is 376 g/mol. The Morgan fingerprint density at radius 3 is 2.54 bits per heavy atom. The van der Waals surface area contributed by atoms with E-state index in [4.69, 9.17) is 9.47 Å². The lowest BCUT2D eigenvalue weighted by molar-refractivity contribution is 0.187. The van der Waals surface area contributed by atoms with Gasteiger partial charge in [0.1, 0.15) is 12.4 Å². The van der Waals surface area contributed by atoms with Gasteiger partial charge in [0.2, 0.25) is 0 Å². The van der Waals surface area contributed by atoms with Gasteiger partial charge < -0.3 is 9.47 Å². The molecule has 28 heavy (non-hydrogen) atoms. The van der Waals surface area contributed by atoms with Crippen LogP contribution >= 0.6 is 0 Å². The number of aromatic nitrogens is 1. The second-order valence-electron chi connectivity index (χ2n) is 6.71. The van der Waals surface area contributed by atoms with Gasteiger partial charge in [0.05, 0.1) is 18.5 Å². The van der Waals surface area contributed by atoms with Crippen LogP contribution in [0, 0.1) is 20.8 Å². The highest BCUT2D eigenvalue weighted by Crippen LogP contribution is 2.27. The van der Waals surface area contributed by atoms with E-state index in [9.17, 15) is 4.79 Å². The van der Waals surface area contributed by atoms with E-state index >= 15 is 0 Å². The van der Waals surface area contributed by atoms with Crippen LogP contribution in [0.1, 0.15) is 22.3 Å². The lowest BCUT2D eigenvalue weighted by atomic mass is 10.1. The zero-order valence-corrected chi connectivity index (χ0v) is 16.6. The third kappa shape index (κ3) is 4.49. The van der Waals surface area contributed by atoms with Gasteiger partial charge in [-0.3, -0.25) is 10.3 Å². The summed E-state index contributed by atoms with van der Waals surface area (Å²) < 4.78 is 10.8. The van der Waals surface area contributed by atoms with Crippen molar-refractivity contribution in [3.63, 3.8) is 0 Å². The number of hydrogen-bond donors (Lipinski definition) is 1. The second kappa shape index (κ2) is 8.57. The maximum atomic E-state index is 11.6. The molecule has 1 aromatic heterocycles. The number of methoxy groups -OCH3 is 1. The first-order valence-corrected chi connectivity index (χ1v) is 9.08. The number of amides is 1. The van der Waals surface area contributed by atoms with Gasteiger partial charge in [-0.15, -0.1) is 0 Å². The van der Waals surface area contributed by atoms with Crippen LogP contribution in [-0.2, 0) is 11.3 Å². The predicted octanol–water partition coefficient (Wildman–Crippen LogP) is 5.43. The molecule has 5 nitrogen and oxygen atoms in total. The highest BCUT2D eigenvalue weighted by molar-refractivity contribution is 5.85. The van der Waals surface area contributed by atoms with Crippen molar-refractivity contribution < 1.29 is 14.3 Å². The normalized spacial score (nSPS) is 10.4. The van der Waals surface area contributed by atoms with E-state index in [0.717, 1.165) is 39.3 Å². The zero-order valence-electron chi connectivity index (χ0n) is 16.6. The number of nitrogens with one attached hydrogen (secondary N) is 1. The highest BCUT2D eigenvalue weighted by Gasteiger charge is 2.11. The minimum absolute atomic E-state index is 0.342. The molecule has 1 amide bonds. The summed E-state index contributed by atoms with van der Waals surface area (Å²) >= 11 is 0. The summed E-state index contributed by atoms with van der Waals surface area (Å²) in [7, 11) is 1.34. The molecule has 0 saturated carbocycles. The standard InChI is InChI=1S/C23H24N2O3/c1-15-8-10-20(24-13-15)18-9-11-22(17(3)12-18)28-14-19-16(2)6-5-7-21(19)25-23(26)27-4/h5-13H,14H2,1-4H3,(H,25,26). The first-order chi connectivity index (χ1) is 13.5. The molecule has 144 valence electrons. The van der Waals surface area contributed by atoms with Gasteiger partial charge in [0.25, 0.3) is 0 Å². The van der Waals surface area contributed by atoms with Crippen molar-refractivity contribution in [1.82, 2.24) is 4.98 Å². The zero-order chi connectivity index (χ0) is 20.1. The molecule has 0 aliphatic rings. The van der Waals surface area contributed by atoms with Gasteiger partial charge in [-0.05, 0) is 67.8 Å². The fourth-order valence-electron chi connectivity index (χ4n) is 2.93. The minimum atomic E-state index is -0.502. The topological polar surface area (TPSA) is 60.5 Å². The Hall–Kier alpha value is -3.34. The Morgan fingerprint density at radius 2 is 1.86 bits per heavy atom. The van der Waals surface area contributed by atoms with E-state index in [1.807, 2.05) is 63.4 Å². The van der Waals surface area contributed by atoms with Crippen LogP contribution in [0.4, 0.5) is 10.5 Å². The van der Waals surface area contributed by atoms with Crippen LogP contribution in [0.2, 0.25) is 0 Å². The van der Waals surface area contributed by atoms with Crippen molar-refractivity contribution in [2.75, 3.05) is 12.4 Å². The fourth-order valence-corrected chi connectivity index (χ4v) is 2.93. The lowest BCUT2D eigenvalue weighted by Gasteiger charge is -2.15. The van der Waals surface area contributed by atoms with Crippen LogP contribution in [-0.4, -0.2) is 18.2 Å². The summed E-state index contributed by atoms with van der Waals surface area (Å²) in [4.78, 5) is 16.1. The molecule has 3 rings (SSSR count). The number of carbonyl (C=O) groups excluding carboxylic acids is 1. The summed E-state index contributed by atoms with van der Waals surface area (Å²) in [6.45, 7) is 6.36. The Balaban J connectivity index is 1.78. The number of benzene rings is 2. The quantitative estimate of drug-likeness (QED) is 0.645. The molecule has 0 saturated heterocycles. The summed E-state index contributed by atoms with van der Waals surface area (Å²) in [6.07, 6.45) is 1.36. The van der Waals surface area contributed by atoms with E-state index in [-0.39, 0.29) is 0 Å². The molecule has 0 atom stereocenters. The maximum absolute atomic E-state index is 11.6. The molecule has 0 aliphatic heterocycles. The SMILES string of the molecule is COC(=O)Nc1cccc(C)c1COc1ccc(-c2ccc(C)cn2)cc1C. The lowest BCUT2D eigenvalue weighted by Crippen LogP contribution is -2.14. The molecule has 0 unspecified atom stereocenters. The largest absolute Gasteiger partial charge is 0.489 e. The molecule has 1 N–H and O–H groups in total. The van der Waals surface area contributed by atoms with Gasteiger partial charge in [-0.25, -0.2) is 4.79 Å². The number of pyridine rings is 1. The van der Waals surface area contributed by atoms with Crippen LogP contribution in [0.25, 0.3) is 11.3 Å². The van der Waals surface area contributed by atoms with Crippen molar-refractivity contribution >= 4 is 11.8 Å². The summed E-state index contributed by atoms with van der Waals surface area (Å²) in [5.74, 6) is 0.795. The van der Waals surface area contributed by atoms with Gasteiger partial charge in [-0.1, -0.05) is 18.2 Å². The van der Waals surface area contributed by atoms with Crippen LogP contribution in [0.15, 0.2) is 54.7 Å². The Bertz CT molecular complexity index is 982. The smallest absolute Gasteiger partial charge is 0.411 e. The molecule has 0 bridgehead atoms. The molecule has 3 aromatic rings. The molecule has 0 fully saturated rings. The van der Waals surface area contributed by atoms with Crippen molar-refractivity contribution in [3.8, 4) is 17.0 Å². The summed E-state index contributed by atoms with van der Waals surface area (Å²) in [5.41, 5.74) is 6.78. The van der Waals surface area contributed by atoms with Gasteiger partial charge >= 0.3 is 6.09 Å². The van der Waals surface area contributed by atoms with E-state index in [1.165, 1.54) is 7.11 Å². The van der Waals surface area contributed by atoms with E-state index in [2.05, 4.69) is 22.4 Å². The van der Waals surface area contributed by atoms with Gasteiger partial charge in [-0.2, -0.15) is 0 Å². The number of aryl methyl sites for hydroxylation is 3. The molecule has 2 aromatic carbocycles. The molecule has 0 radical (unpaired) electrons. The van der Waals surface area contributed by atoms with Crippen molar-refractivity contribution in [2.24, 2.45) is 0 Å². The van der Waals surface area contributed by atoms with Crippen LogP contribution in [0.5, 0.6) is 5.75 Å². The number of rotatable bonds is 5. The number of nitrogens with zero attached hydrogens (tertiary/aromatic N) is 1. The second-order valence-corrected chi connectivity index (χ2v) is 6.71. The Labute approximate surface area is 165 Å². The molecule has 5 heteroatoms. The van der Waals surface area contributed by atoms with Gasteiger partial charge in [0, 0.05) is 17.3 Å². The maximum Gasteiger partial charge on any atom is 0.411 e. The number of hydrogen-bond acceptors (Lipinski definition) is 4. The van der Waals surface area contributed by atoms with Crippen LogP contribution < -0.4 is 10.1 Å². The first-order valence-electron chi connectivity index (χ1n) is 9.08. The third-order valence-corrected chi connectivity index (χ3v) is 4.59. The molecule has 0 aliphatic carbocycles. The first kappa shape index (κ1) is 19.4. The molecular formula is C23H24N2O3. The average molecular weight is 376 g/mol. The van der Waals surface area contributed by atoms with Crippen LogP contribution in [0.3, 0.4) is 0 Å². The predicted molar refractivity (Wildman–Crippen MR) is 111 cm³/mol.